The van der Waals surface area contributed by atoms with Crippen LogP contribution in [0.4, 0.5) is 11.4 Å². The van der Waals surface area contributed by atoms with Crippen LogP contribution in [0.2, 0.25) is 0 Å². The van der Waals surface area contributed by atoms with Crippen LogP contribution in [0.5, 0.6) is 0 Å². The number of carbonyl (C=O) groups excluding carboxylic acids is 2. The first-order chi connectivity index (χ1) is 13.3. The Hall–Kier alpha value is -3.19. The van der Waals surface area contributed by atoms with E-state index in [4.69, 9.17) is 0 Å². The van der Waals surface area contributed by atoms with E-state index in [1.54, 1.807) is 11.0 Å². The van der Waals surface area contributed by atoms with Gasteiger partial charge in [-0.2, -0.15) is 0 Å². The Morgan fingerprint density at radius 2 is 1.71 bits per heavy atom. The van der Waals surface area contributed by atoms with Crippen molar-refractivity contribution >= 4 is 34.2 Å². The molecule has 7 heteroatoms. The van der Waals surface area contributed by atoms with Crippen molar-refractivity contribution in [3.8, 4) is 0 Å². The molecule has 0 bridgehead atoms. The van der Waals surface area contributed by atoms with Crippen molar-refractivity contribution in [2.75, 3.05) is 31.3 Å². The highest BCUT2D eigenvalue weighted by molar-refractivity contribution is 6.00. The van der Waals surface area contributed by atoms with E-state index in [-0.39, 0.29) is 24.9 Å². The molecule has 0 atom stereocenters. The van der Waals surface area contributed by atoms with Crippen LogP contribution in [0.3, 0.4) is 0 Å². The first-order valence-electron chi connectivity index (χ1n) is 9.10. The number of likely N-dealkylation sites (N-methyl/N-ethyl adjacent to an activating group) is 1. The van der Waals surface area contributed by atoms with Gasteiger partial charge in [-0.3, -0.25) is 9.59 Å². The Bertz CT molecular complexity index is 1020. The predicted molar refractivity (Wildman–Crippen MR) is 111 cm³/mol. The Morgan fingerprint density at radius 3 is 2.46 bits per heavy atom. The molecule has 0 aliphatic carbocycles. The quantitative estimate of drug-likeness (QED) is 0.690. The van der Waals surface area contributed by atoms with Crippen LogP contribution in [-0.2, 0) is 16.1 Å². The maximum atomic E-state index is 12.7. The summed E-state index contributed by atoms with van der Waals surface area (Å²) in [4.78, 5) is 31.1. The third-order valence-corrected chi connectivity index (χ3v) is 4.33. The lowest BCUT2D eigenvalue weighted by Crippen LogP contribution is -2.28. The van der Waals surface area contributed by atoms with Gasteiger partial charge >= 0.3 is 0 Å². The first kappa shape index (κ1) is 19.6. The van der Waals surface area contributed by atoms with Gasteiger partial charge in [-0.25, -0.2) is 4.98 Å². The van der Waals surface area contributed by atoms with Crippen molar-refractivity contribution < 1.29 is 9.59 Å². The molecule has 2 N–H and O–H groups in total. The number of aryl methyl sites for hydroxylation is 2. The zero-order valence-corrected chi connectivity index (χ0v) is 16.6. The summed E-state index contributed by atoms with van der Waals surface area (Å²) in [6, 6.07) is 13.3. The van der Waals surface area contributed by atoms with Crippen LogP contribution in [0.25, 0.3) is 11.0 Å². The second kappa shape index (κ2) is 8.22. The molecular weight excluding hydrogens is 354 g/mol. The smallest absolute Gasteiger partial charge is 0.244 e. The molecule has 0 saturated carbocycles. The summed E-state index contributed by atoms with van der Waals surface area (Å²) in [6.45, 7) is 4.23. The van der Waals surface area contributed by atoms with Crippen molar-refractivity contribution in [1.29, 1.82) is 0 Å². The number of amides is 2. The molecule has 7 nitrogen and oxygen atoms in total. The van der Waals surface area contributed by atoms with Gasteiger partial charge in [0.2, 0.25) is 11.8 Å². The second-order valence-electron chi connectivity index (χ2n) is 7.12. The molecule has 3 aromatic rings. The zero-order chi connectivity index (χ0) is 20.3. The number of para-hydroxylation sites is 2. The molecule has 2 amide bonds. The van der Waals surface area contributed by atoms with Crippen LogP contribution >= 0.6 is 0 Å². The van der Waals surface area contributed by atoms with Gasteiger partial charge in [0.25, 0.3) is 0 Å². The number of fused-ring (bicyclic) bond motifs is 1. The minimum absolute atomic E-state index is 0.138. The van der Waals surface area contributed by atoms with E-state index >= 15 is 0 Å². The predicted octanol–water partition coefficient (Wildman–Crippen LogP) is 2.79. The zero-order valence-electron chi connectivity index (χ0n) is 16.6. The van der Waals surface area contributed by atoms with Crippen LogP contribution in [0.15, 0.2) is 42.5 Å². The maximum Gasteiger partial charge on any atom is 0.244 e. The largest absolute Gasteiger partial charge is 0.323 e. The number of nitrogens with zero attached hydrogens (tertiary/aromatic N) is 3. The number of nitrogens with one attached hydrogen (secondary N) is 2. The summed E-state index contributed by atoms with van der Waals surface area (Å²) in [7, 11) is 3.66. The molecule has 3 rings (SSSR count). The Labute approximate surface area is 164 Å². The number of aromatic nitrogens is 2. The molecule has 0 aliphatic heterocycles. The Balaban J connectivity index is 1.79. The van der Waals surface area contributed by atoms with Crippen LogP contribution in [0, 0.1) is 13.8 Å². The molecule has 1 aromatic heterocycles. The highest BCUT2D eigenvalue weighted by Gasteiger charge is 2.14. The fourth-order valence-electron chi connectivity index (χ4n) is 3.08. The molecule has 2 aromatic carbocycles. The Morgan fingerprint density at radius 1 is 1.00 bits per heavy atom. The first-order valence-corrected chi connectivity index (χ1v) is 9.10. The van der Waals surface area contributed by atoms with Crippen molar-refractivity contribution in [2.45, 2.75) is 20.4 Å². The van der Waals surface area contributed by atoms with Crippen LogP contribution < -0.4 is 10.6 Å². The summed E-state index contributed by atoms with van der Waals surface area (Å²) < 4.78 is 1.88. The lowest BCUT2D eigenvalue weighted by molar-refractivity contribution is -0.117. The van der Waals surface area contributed by atoms with E-state index in [0.29, 0.717) is 11.4 Å². The molecule has 0 unspecified atom stereocenters. The highest BCUT2D eigenvalue weighted by atomic mass is 16.2. The van der Waals surface area contributed by atoms with E-state index in [1.807, 2.05) is 68.9 Å². The fraction of sp³-hybridized carbons (Fsp3) is 0.286. The fourth-order valence-corrected chi connectivity index (χ4v) is 3.08. The third kappa shape index (κ3) is 4.55. The van der Waals surface area contributed by atoms with Gasteiger partial charge in [-0.05, 0) is 57.8 Å². The second-order valence-corrected chi connectivity index (χ2v) is 7.12. The summed E-state index contributed by atoms with van der Waals surface area (Å²) in [5, 5.41) is 5.78. The maximum absolute atomic E-state index is 12.7. The minimum Gasteiger partial charge on any atom is -0.323 e. The molecule has 0 spiro atoms. The molecule has 28 heavy (non-hydrogen) atoms. The average molecular weight is 379 g/mol. The molecule has 1 heterocycles. The van der Waals surface area contributed by atoms with Crippen molar-refractivity contribution in [3.63, 3.8) is 0 Å². The summed E-state index contributed by atoms with van der Waals surface area (Å²) in [5.74, 6) is 0.459. The molecule has 0 aliphatic rings. The van der Waals surface area contributed by atoms with E-state index in [2.05, 4.69) is 15.6 Å². The topological polar surface area (TPSA) is 79.3 Å². The number of hydrogen-bond donors (Lipinski definition) is 2. The number of rotatable bonds is 6. The lowest BCUT2D eigenvalue weighted by atomic mass is 10.2. The Kier molecular flexibility index (Phi) is 5.75. The van der Waals surface area contributed by atoms with E-state index in [0.717, 1.165) is 22.4 Å². The standard InChI is InChI=1S/C21H25N5O2/c1-14-9-10-16(23-20(27)12-25(3)4)18(11-14)24-21(28)13-26-15(2)22-17-7-5-6-8-19(17)26/h5-11H,12-13H2,1-4H3,(H,23,27)(H,24,28). The number of hydrogen-bond acceptors (Lipinski definition) is 4. The monoisotopic (exact) mass is 379 g/mol. The third-order valence-electron chi connectivity index (χ3n) is 4.33. The van der Waals surface area contributed by atoms with Gasteiger partial charge in [-0.15, -0.1) is 0 Å². The minimum atomic E-state index is -0.181. The number of carbonyl (C=O) groups is 2. The SMILES string of the molecule is Cc1ccc(NC(=O)CN(C)C)c(NC(=O)Cn2c(C)nc3ccccc32)c1. The van der Waals surface area contributed by atoms with Gasteiger partial charge in [0.1, 0.15) is 12.4 Å². The van der Waals surface area contributed by atoms with E-state index < -0.39 is 0 Å². The molecule has 146 valence electrons. The van der Waals surface area contributed by atoms with Crippen molar-refractivity contribution in [3.05, 3.63) is 53.9 Å². The molecule has 0 saturated heterocycles. The van der Waals surface area contributed by atoms with Crippen LogP contribution in [-0.4, -0.2) is 46.9 Å². The van der Waals surface area contributed by atoms with Crippen molar-refractivity contribution in [2.24, 2.45) is 0 Å². The van der Waals surface area contributed by atoms with Gasteiger partial charge in [0, 0.05) is 0 Å². The van der Waals surface area contributed by atoms with E-state index in [1.165, 1.54) is 0 Å². The van der Waals surface area contributed by atoms with Gasteiger partial charge < -0.3 is 20.1 Å². The van der Waals surface area contributed by atoms with Gasteiger partial charge in [0.15, 0.2) is 0 Å². The number of benzene rings is 2. The molecule has 0 fully saturated rings. The van der Waals surface area contributed by atoms with Crippen LogP contribution in [0.1, 0.15) is 11.4 Å². The highest BCUT2D eigenvalue weighted by Crippen LogP contribution is 2.24. The average Bonchev–Trinajstić information content (AvgIpc) is 2.92. The summed E-state index contributed by atoms with van der Waals surface area (Å²) >= 11 is 0. The summed E-state index contributed by atoms with van der Waals surface area (Å²) in [5.41, 5.74) is 3.93. The molecule has 0 radical (unpaired) electrons. The van der Waals surface area contributed by atoms with Gasteiger partial charge in [-0.1, -0.05) is 18.2 Å². The molecular formula is C21H25N5O2. The van der Waals surface area contributed by atoms with Gasteiger partial charge in [0.05, 0.1) is 29.0 Å². The lowest BCUT2D eigenvalue weighted by Gasteiger charge is -2.15. The number of imidazole rings is 1. The number of anilines is 2. The van der Waals surface area contributed by atoms with Crippen molar-refractivity contribution in [1.82, 2.24) is 14.5 Å². The normalized spacial score (nSPS) is 11.0. The van der Waals surface area contributed by atoms with E-state index in [9.17, 15) is 9.59 Å². The summed E-state index contributed by atoms with van der Waals surface area (Å²) in [6.07, 6.45) is 0.